The third kappa shape index (κ3) is 5.19. The monoisotopic (exact) mass is 530 g/mol. The highest BCUT2D eigenvalue weighted by Gasteiger charge is 2.37. The van der Waals surface area contributed by atoms with Gasteiger partial charge in [-0.25, -0.2) is 9.97 Å². The number of hydrogen-bond donors (Lipinski definition) is 3. The fourth-order valence-corrected chi connectivity index (χ4v) is 6.13. The molecule has 3 aromatic rings. The van der Waals surface area contributed by atoms with Crippen LogP contribution < -0.4 is 10.0 Å². The molecule has 36 heavy (non-hydrogen) atoms. The van der Waals surface area contributed by atoms with E-state index in [0.717, 1.165) is 17.5 Å². The molecule has 0 unspecified atom stereocenters. The number of benzene rings is 1. The van der Waals surface area contributed by atoms with Crippen LogP contribution in [0.15, 0.2) is 48.2 Å². The van der Waals surface area contributed by atoms with Gasteiger partial charge in [0.25, 0.3) is 0 Å². The minimum Gasteiger partial charge on any atom is -0.390 e. The molecule has 0 saturated heterocycles. The molecule has 1 saturated carbocycles. The molecule has 3 N–H and O–H groups in total. The number of carbonyl (C=O) groups is 1. The van der Waals surface area contributed by atoms with Gasteiger partial charge in [-0.3, -0.25) is 8.98 Å². The highest BCUT2D eigenvalue weighted by molar-refractivity contribution is 7.84. The maximum absolute atomic E-state index is 13.4. The number of ether oxygens (including phenoxy) is 1. The zero-order chi connectivity index (χ0) is 25.3. The quantitative estimate of drug-likeness (QED) is 0.374. The van der Waals surface area contributed by atoms with Crippen molar-refractivity contribution in [2.75, 3.05) is 19.0 Å². The van der Waals surface area contributed by atoms with Crippen LogP contribution in [0.3, 0.4) is 0 Å². The molecule has 1 aliphatic heterocycles. The van der Waals surface area contributed by atoms with Gasteiger partial charge in [0.2, 0.25) is 5.78 Å². The van der Waals surface area contributed by atoms with Crippen LogP contribution in [0.25, 0.3) is 0 Å². The third-order valence-electron chi connectivity index (χ3n) is 6.41. The lowest BCUT2D eigenvalue weighted by Crippen LogP contribution is -2.31. The number of carbonyl (C=O) groups excluding carboxylic acids is 1. The van der Waals surface area contributed by atoms with E-state index in [1.54, 1.807) is 0 Å². The molecule has 1 aromatic carbocycles. The first-order chi connectivity index (χ1) is 17.3. The number of anilines is 1. The van der Waals surface area contributed by atoms with Crippen LogP contribution in [0.2, 0.25) is 0 Å². The Morgan fingerprint density at radius 1 is 1.28 bits per heavy atom. The highest BCUT2D eigenvalue weighted by atomic mass is 32.2. The molecule has 0 radical (unpaired) electrons. The van der Waals surface area contributed by atoms with Gasteiger partial charge in [-0.05, 0) is 47.4 Å². The zero-order valence-corrected chi connectivity index (χ0v) is 21.1. The summed E-state index contributed by atoms with van der Waals surface area (Å²) in [5, 5.41) is 15.4. The molecule has 0 bridgehead atoms. The molecule has 10 nitrogen and oxygen atoms in total. The Labute approximate surface area is 213 Å². The summed E-state index contributed by atoms with van der Waals surface area (Å²) in [6.45, 7) is 0.620. The van der Waals surface area contributed by atoms with E-state index in [2.05, 4.69) is 32.1 Å². The molecule has 0 amide bonds. The number of aliphatic hydroxyl groups is 1. The van der Waals surface area contributed by atoms with Gasteiger partial charge in [0.15, 0.2) is 0 Å². The average molecular weight is 531 g/mol. The number of ketones is 1. The molecule has 1 fully saturated rings. The van der Waals surface area contributed by atoms with E-state index in [-0.39, 0.29) is 36.3 Å². The number of rotatable bonds is 8. The van der Waals surface area contributed by atoms with Crippen molar-refractivity contribution in [1.29, 1.82) is 0 Å². The number of nitrogens with zero attached hydrogens (tertiary/aromatic N) is 2. The number of aliphatic hydroxyl groups excluding tert-OH is 1. The topological polar surface area (TPSA) is 140 Å². The van der Waals surface area contributed by atoms with Gasteiger partial charge in [0.1, 0.15) is 24.4 Å². The Bertz CT molecular complexity index is 1360. The normalized spacial score (nSPS) is 23.8. The second-order valence-electron chi connectivity index (χ2n) is 8.73. The van der Waals surface area contributed by atoms with Gasteiger partial charge >= 0.3 is 10.3 Å². The van der Waals surface area contributed by atoms with Gasteiger partial charge in [0, 0.05) is 19.3 Å². The predicted molar refractivity (Wildman–Crippen MR) is 133 cm³/mol. The third-order valence-corrected chi connectivity index (χ3v) is 8.36. The maximum Gasteiger partial charge on any atom is 0.335 e. The van der Waals surface area contributed by atoms with E-state index in [1.165, 1.54) is 36.5 Å². The van der Waals surface area contributed by atoms with E-state index in [0.29, 0.717) is 17.3 Å². The van der Waals surface area contributed by atoms with Crippen molar-refractivity contribution in [2.24, 2.45) is 0 Å². The number of fused-ring (bicyclic) bond motifs is 1. The van der Waals surface area contributed by atoms with E-state index in [9.17, 15) is 18.3 Å². The van der Waals surface area contributed by atoms with Gasteiger partial charge in [-0.1, -0.05) is 24.3 Å². The Hall–Kier alpha value is -2.74. The molecule has 190 valence electrons. The van der Waals surface area contributed by atoms with E-state index < -0.39 is 22.5 Å². The van der Waals surface area contributed by atoms with E-state index >= 15 is 0 Å². The lowest BCUT2D eigenvalue weighted by Gasteiger charge is -2.25. The predicted octanol–water partition coefficient (Wildman–Crippen LogP) is 2.22. The van der Waals surface area contributed by atoms with Gasteiger partial charge in [-0.2, -0.15) is 13.1 Å². The number of nitrogens with one attached hydrogen (secondary N) is 2. The smallest absolute Gasteiger partial charge is 0.335 e. The van der Waals surface area contributed by atoms with Crippen molar-refractivity contribution in [1.82, 2.24) is 14.7 Å². The van der Waals surface area contributed by atoms with E-state index in [4.69, 9.17) is 8.92 Å². The second kappa shape index (κ2) is 10.3. The molecule has 3 heterocycles. The lowest BCUT2D eigenvalue weighted by atomic mass is 9.94. The molecule has 2 aliphatic rings. The van der Waals surface area contributed by atoms with Crippen LogP contribution in [0.5, 0.6) is 0 Å². The molecular formula is C24H26N4O6S2. The molecular weight excluding hydrogens is 504 g/mol. The maximum atomic E-state index is 13.4. The Morgan fingerprint density at radius 3 is 2.94 bits per heavy atom. The number of aromatic nitrogens is 2. The summed E-state index contributed by atoms with van der Waals surface area (Å²) >= 11 is 1.34. The average Bonchev–Trinajstić information content (AvgIpc) is 3.50. The summed E-state index contributed by atoms with van der Waals surface area (Å²) < 4.78 is 36.6. The first-order valence-electron chi connectivity index (χ1n) is 11.5. The van der Waals surface area contributed by atoms with Crippen LogP contribution in [0.4, 0.5) is 5.82 Å². The van der Waals surface area contributed by atoms with Crippen molar-refractivity contribution in [3.8, 4) is 0 Å². The molecule has 1 aliphatic carbocycles. The minimum atomic E-state index is -3.94. The van der Waals surface area contributed by atoms with Crippen molar-refractivity contribution in [3.05, 3.63) is 75.4 Å². The van der Waals surface area contributed by atoms with Crippen molar-refractivity contribution in [2.45, 2.75) is 43.6 Å². The number of thiophene rings is 1. The molecule has 12 heteroatoms. The van der Waals surface area contributed by atoms with Crippen molar-refractivity contribution < 1.29 is 27.2 Å². The summed E-state index contributed by atoms with van der Waals surface area (Å²) in [4.78, 5) is 22.2. The summed E-state index contributed by atoms with van der Waals surface area (Å²) in [7, 11) is -2.71. The van der Waals surface area contributed by atoms with Crippen LogP contribution in [0, 0.1) is 0 Å². The van der Waals surface area contributed by atoms with Crippen LogP contribution in [-0.4, -0.2) is 61.2 Å². The molecule has 4 atom stereocenters. The Balaban J connectivity index is 1.33. The van der Waals surface area contributed by atoms with Crippen LogP contribution >= 0.6 is 11.3 Å². The summed E-state index contributed by atoms with van der Waals surface area (Å²) in [5.41, 5.74) is 3.58. The van der Waals surface area contributed by atoms with Crippen molar-refractivity contribution in [3.63, 3.8) is 0 Å². The minimum absolute atomic E-state index is 0.219. The van der Waals surface area contributed by atoms with E-state index in [1.807, 2.05) is 23.6 Å². The van der Waals surface area contributed by atoms with Crippen LogP contribution in [0.1, 0.15) is 50.9 Å². The fourth-order valence-electron chi connectivity index (χ4n) is 4.62. The fraction of sp³-hybridized carbons (Fsp3) is 0.375. The van der Waals surface area contributed by atoms with Gasteiger partial charge < -0.3 is 15.2 Å². The van der Waals surface area contributed by atoms with Gasteiger partial charge in [0.05, 0.1) is 23.2 Å². The Kier molecular flexibility index (Phi) is 7.15. The highest BCUT2D eigenvalue weighted by Crippen LogP contribution is 2.36. The molecule has 0 spiro atoms. The SMILES string of the molecule is CNS(=O)(=O)O[C@@H]1C[C@H](Nc2ncncc2C(=O)c2cc([C@H]3OCCc4ccccc43)cs2)C[C@@H]1O. The summed E-state index contributed by atoms with van der Waals surface area (Å²) in [5.74, 6) is 0.0843. The summed E-state index contributed by atoms with van der Waals surface area (Å²) in [6, 6.07) is 9.67. The first kappa shape index (κ1) is 24.9. The van der Waals surface area contributed by atoms with Crippen LogP contribution in [-0.2, 0) is 25.6 Å². The van der Waals surface area contributed by atoms with Gasteiger partial charge in [-0.15, -0.1) is 11.3 Å². The second-order valence-corrected chi connectivity index (χ2v) is 11.2. The largest absolute Gasteiger partial charge is 0.390 e. The molecule has 5 rings (SSSR count). The first-order valence-corrected chi connectivity index (χ1v) is 13.8. The number of hydrogen-bond acceptors (Lipinski definition) is 10. The summed E-state index contributed by atoms with van der Waals surface area (Å²) in [6.07, 6.45) is 2.00. The lowest BCUT2D eigenvalue weighted by molar-refractivity contribution is 0.0636. The van der Waals surface area contributed by atoms with Crippen molar-refractivity contribution >= 4 is 33.2 Å². The standard InChI is InChI=1S/C24H26N4O6S2/c1-25-36(31,32)34-20-10-16(9-19(20)29)28-24-18(11-26-13-27-24)22(30)21-8-15(12-35-21)23-17-5-3-2-4-14(17)6-7-33-23/h2-5,8,11-13,16,19-20,23,25,29H,6-7,9-10H2,1H3,(H,26,27,28)/t16-,19+,20-,23-/m1/s1. The zero-order valence-electron chi connectivity index (χ0n) is 19.5. The Morgan fingerprint density at radius 2 is 2.11 bits per heavy atom. The molecule has 2 aromatic heterocycles.